The first-order valence-electron chi connectivity index (χ1n) is 8.77. The highest BCUT2D eigenvalue weighted by Gasteiger charge is 2.16. The van der Waals surface area contributed by atoms with Crippen LogP contribution in [-0.4, -0.2) is 55.7 Å². The molecule has 0 aliphatic carbocycles. The van der Waals surface area contributed by atoms with E-state index in [-0.39, 0.29) is 24.8 Å². The van der Waals surface area contributed by atoms with E-state index >= 15 is 0 Å². The number of rotatable bonds is 7. The predicted octanol–water partition coefficient (Wildman–Crippen LogP) is 4.05. The molecule has 0 radical (unpaired) electrons. The summed E-state index contributed by atoms with van der Waals surface area (Å²) in [5.41, 5.74) is 0.845. The zero-order valence-electron chi connectivity index (χ0n) is 15.2. The van der Waals surface area contributed by atoms with Gasteiger partial charge in [-0.05, 0) is 36.2 Å². The summed E-state index contributed by atoms with van der Waals surface area (Å²) in [4.78, 5) is 4.77. The first kappa shape index (κ1) is 23.6. The van der Waals surface area contributed by atoms with E-state index in [0.717, 1.165) is 57.0 Å². The van der Waals surface area contributed by atoms with Gasteiger partial charge in [0.05, 0.1) is 0 Å². The lowest BCUT2D eigenvalue weighted by atomic mass is 10.1. The number of hydrogen-bond acceptors (Lipinski definition) is 3. The monoisotopic (exact) mass is 418 g/mol. The third-order valence-corrected chi connectivity index (χ3v) is 4.59. The number of ether oxygens (including phenoxy) is 1. The molecule has 0 N–H and O–H groups in total. The molecule has 0 amide bonds. The van der Waals surface area contributed by atoms with E-state index in [4.69, 9.17) is 4.74 Å². The summed E-state index contributed by atoms with van der Waals surface area (Å²) in [5, 5.41) is 0. The van der Waals surface area contributed by atoms with Crippen LogP contribution in [0.15, 0.2) is 48.5 Å². The van der Waals surface area contributed by atoms with Crippen molar-refractivity contribution < 1.29 is 13.5 Å². The highest BCUT2D eigenvalue weighted by Crippen LogP contribution is 2.11. The maximum Gasteiger partial charge on any atom is 0.159 e. The van der Waals surface area contributed by atoms with E-state index in [0.29, 0.717) is 6.61 Å². The van der Waals surface area contributed by atoms with Gasteiger partial charge in [0.25, 0.3) is 0 Å². The summed E-state index contributed by atoms with van der Waals surface area (Å²) >= 11 is 0. The minimum Gasteiger partial charge on any atom is -0.492 e. The van der Waals surface area contributed by atoms with Gasteiger partial charge in [0.2, 0.25) is 0 Å². The highest BCUT2D eigenvalue weighted by molar-refractivity contribution is 5.85. The van der Waals surface area contributed by atoms with Crippen molar-refractivity contribution in [3.8, 4) is 5.75 Å². The second-order valence-corrected chi connectivity index (χ2v) is 6.34. The second-order valence-electron chi connectivity index (χ2n) is 6.34. The molecule has 1 fully saturated rings. The smallest absolute Gasteiger partial charge is 0.159 e. The van der Waals surface area contributed by atoms with Gasteiger partial charge >= 0.3 is 0 Å². The summed E-state index contributed by atoms with van der Waals surface area (Å²) in [5.74, 6) is -0.636. The van der Waals surface area contributed by atoms with Crippen LogP contribution in [0.5, 0.6) is 5.75 Å². The van der Waals surface area contributed by atoms with Crippen LogP contribution in [0, 0.1) is 11.6 Å². The van der Waals surface area contributed by atoms with E-state index in [9.17, 15) is 8.78 Å². The van der Waals surface area contributed by atoms with Crippen molar-refractivity contribution >= 4 is 24.8 Å². The third kappa shape index (κ3) is 7.62. The normalized spacial score (nSPS) is 14.9. The average Bonchev–Trinajstić information content (AvgIpc) is 2.65. The molecule has 7 heteroatoms. The Morgan fingerprint density at radius 1 is 0.778 bits per heavy atom. The van der Waals surface area contributed by atoms with Crippen molar-refractivity contribution in [1.29, 1.82) is 0 Å². The molecule has 0 bridgehead atoms. The van der Waals surface area contributed by atoms with Crippen molar-refractivity contribution in [1.82, 2.24) is 9.80 Å². The summed E-state index contributed by atoms with van der Waals surface area (Å²) in [6.45, 7) is 6.50. The number of halogens is 4. The number of para-hydroxylation sites is 1. The number of benzene rings is 2. The van der Waals surface area contributed by atoms with Gasteiger partial charge < -0.3 is 9.64 Å². The van der Waals surface area contributed by atoms with Crippen LogP contribution in [0.1, 0.15) is 5.56 Å². The molecular weight excluding hydrogens is 393 g/mol. The van der Waals surface area contributed by atoms with Crippen molar-refractivity contribution in [2.24, 2.45) is 0 Å². The maximum absolute atomic E-state index is 13.2. The number of hydrogen-bond donors (Lipinski definition) is 0. The minimum atomic E-state index is -0.782. The zero-order chi connectivity index (χ0) is 17.5. The average molecular weight is 419 g/mol. The standard InChI is InChI=1S/C20H24F2N2O.2ClH/c21-19-7-6-17(16-20(19)22)8-9-23-10-12-24(13-11-23)14-15-25-18-4-2-1-3-5-18;;/h1-7,16H,8-15H2;2*1H. The van der Waals surface area contributed by atoms with Crippen LogP contribution in [-0.2, 0) is 6.42 Å². The molecule has 0 spiro atoms. The minimum absolute atomic E-state index is 0. The fourth-order valence-corrected chi connectivity index (χ4v) is 3.03. The second kappa shape index (κ2) is 12.1. The van der Waals surface area contributed by atoms with E-state index < -0.39 is 11.6 Å². The Morgan fingerprint density at radius 3 is 2.04 bits per heavy atom. The molecule has 0 atom stereocenters. The van der Waals surface area contributed by atoms with Crippen LogP contribution in [0.4, 0.5) is 8.78 Å². The summed E-state index contributed by atoms with van der Waals surface area (Å²) in [6, 6.07) is 14.0. The Kier molecular flexibility index (Phi) is 10.6. The summed E-state index contributed by atoms with van der Waals surface area (Å²) < 4.78 is 31.9. The molecule has 1 heterocycles. The van der Waals surface area contributed by atoms with E-state index in [2.05, 4.69) is 9.80 Å². The first-order chi connectivity index (χ1) is 12.2. The SMILES string of the molecule is Cl.Cl.Fc1ccc(CCN2CCN(CCOc3ccccc3)CC2)cc1F. The van der Waals surface area contributed by atoms with Crippen molar-refractivity contribution in [3.63, 3.8) is 0 Å². The Hall–Kier alpha value is -1.40. The van der Waals surface area contributed by atoms with Gasteiger partial charge in [-0.15, -0.1) is 24.8 Å². The number of nitrogens with zero attached hydrogens (tertiary/aromatic N) is 2. The Labute approximate surface area is 172 Å². The van der Waals surface area contributed by atoms with Gasteiger partial charge in [0, 0.05) is 39.3 Å². The zero-order valence-corrected chi connectivity index (χ0v) is 16.8. The van der Waals surface area contributed by atoms with Crippen LogP contribution < -0.4 is 4.74 Å². The third-order valence-electron chi connectivity index (χ3n) is 4.59. The van der Waals surface area contributed by atoms with Crippen molar-refractivity contribution in [3.05, 3.63) is 65.7 Å². The molecule has 150 valence electrons. The lowest BCUT2D eigenvalue weighted by molar-refractivity contribution is 0.118. The van der Waals surface area contributed by atoms with Crippen LogP contribution in [0.25, 0.3) is 0 Å². The first-order valence-corrected chi connectivity index (χ1v) is 8.77. The fourth-order valence-electron chi connectivity index (χ4n) is 3.03. The molecule has 0 aromatic heterocycles. The quantitative estimate of drug-likeness (QED) is 0.674. The Bertz CT molecular complexity index is 668. The summed E-state index contributed by atoms with van der Waals surface area (Å²) in [6.07, 6.45) is 0.744. The lowest BCUT2D eigenvalue weighted by Crippen LogP contribution is -2.47. The molecule has 3 rings (SSSR count). The maximum atomic E-state index is 13.2. The topological polar surface area (TPSA) is 15.7 Å². The molecule has 1 aliphatic rings. The molecule has 1 aliphatic heterocycles. The van der Waals surface area contributed by atoms with Crippen molar-refractivity contribution in [2.75, 3.05) is 45.9 Å². The molecule has 27 heavy (non-hydrogen) atoms. The van der Waals surface area contributed by atoms with Gasteiger partial charge in [0.1, 0.15) is 12.4 Å². The largest absolute Gasteiger partial charge is 0.492 e. The fraction of sp³-hybridized carbons (Fsp3) is 0.400. The Morgan fingerprint density at radius 2 is 1.41 bits per heavy atom. The summed E-state index contributed by atoms with van der Waals surface area (Å²) in [7, 11) is 0. The lowest BCUT2D eigenvalue weighted by Gasteiger charge is -2.34. The Balaban J connectivity index is 0.00000182. The van der Waals surface area contributed by atoms with Crippen LogP contribution >= 0.6 is 24.8 Å². The van der Waals surface area contributed by atoms with E-state index in [1.807, 2.05) is 30.3 Å². The van der Waals surface area contributed by atoms with Gasteiger partial charge in [0.15, 0.2) is 11.6 Å². The van der Waals surface area contributed by atoms with Gasteiger partial charge in [-0.3, -0.25) is 4.90 Å². The highest BCUT2D eigenvalue weighted by atomic mass is 35.5. The van der Waals surface area contributed by atoms with Gasteiger partial charge in [-0.2, -0.15) is 0 Å². The molecule has 0 unspecified atom stereocenters. The molecular formula is C20H26Cl2F2N2O. The molecule has 2 aromatic carbocycles. The molecule has 2 aromatic rings. The predicted molar refractivity (Wildman–Crippen MR) is 109 cm³/mol. The van der Waals surface area contributed by atoms with Gasteiger partial charge in [-0.1, -0.05) is 24.3 Å². The van der Waals surface area contributed by atoms with Crippen LogP contribution in [0.3, 0.4) is 0 Å². The number of piperazine rings is 1. The molecule has 3 nitrogen and oxygen atoms in total. The van der Waals surface area contributed by atoms with E-state index in [1.165, 1.54) is 12.1 Å². The molecule has 0 saturated carbocycles. The van der Waals surface area contributed by atoms with E-state index in [1.54, 1.807) is 6.07 Å². The molecule has 1 saturated heterocycles. The van der Waals surface area contributed by atoms with Crippen molar-refractivity contribution in [2.45, 2.75) is 6.42 Å². The van der Waals surface area contributed by atoms with Crippen LogP contribution in [0.2, 0.25) is 0 Å². The van der Waals surface area contributed by atoms with Gasteiger partial charge in [-0.25, -0.2) is 8.78 Å².